The fourth-order valence-corrected chi connectivity index (χ4v) is 3.95. The largest absolute Gasteiger partial charge is 0.503 e. The van der Waals surface area contributed by atoms with Crippen LogP contribution in [0.25, 0.3) is 0 Å². The molecule has 4 N–H and O–H groups in total. The maximum absolute atomic E-state index is 13.3. The van der Waals surface area contributed by atoms with Gasteiger partial charge in [0, 0.05) is 11.3 Å². The van der Waals surface area contributed by atoms with Crippen LogP contribution in [0.5, 0.6) is 11.5 Å². The van der Waals surface area contributed by atoms with Crippen molar-refractivity contribution >= 4 is 51.1 Å². The molecule has 2 aromatic carbocycles. The van der Waals surface area contributed by atoms with E-state index < -0.39 is 23.9 Å². The maximum Gasteiger partial charge on any atom is 0.339 e. The van der Waals surface area contributed by atoms with E-state index in [1.54, 1.807) is 25.1 Å². The number of aromatic hydroxyl groups is 1. The van der Waals surface area contributed by atoms with Crippen LogP contribution < -0.4 is 20.7 Å². The molecule has 0 aliphatic carbocycles. The first-order valence-electron chi connectivity index (χ1n) is 9.21. The van der Waals surface area contributed by atoms with E-state index in [1.165, 1.54) is 26.4 Å². The van der Waals surface area contributed by atoms with E-state index in [0.717, 1.165) is 0 Å². The Hall–Kier alpha value is -3.24. The van der Waals surface area contributed by atoms with Gasteiger partial charge < -0.3 is 30.5 Å². The third kappa shape index (κ3) is 4.37. The van der Waals surface area contributed by atoms with Crippen LogP contribution in [0.3, 0.4) is 0 Å². The molecule has 0 saturated carbocycles. The van der Waals surface area contributed by atoms with Crippen molar-refractivity contribution < 1.29 is 29.0 Å². The zero-order valence-electron chi connectivity index (χ0n) is 17.2. The molecule has 0 bridgehead atoms. The Balaban J connectivity index is 2.08. The molecule has 11 heteroatoms. The second kappa shape index (κ2) is 9.49. The summed E-state index contributed by atoms with van der Waals surface area (Å²) in [6.45, 7) is 1.56. The molecule has 2 aromatic rings. The number of para-hydroxylation sites is 1. The van der Waals surface area contributed by atoms with Gasteiger partial charge in [0.15, 0.2) is 11.5 Å². The van der Waals surface area contributed by atoms with Gasteiger partial charge in [-0.1, -0.05) is 23.7 Å². The van der Waals surface area contributed by atoms with Crippen LogP contribution in [0.15, 0.2) is 46.1 Å². The number of benzene rings is 2. The Morgan fingerprint density at radius 1 is 1.25 bits per heavy atom. The van der Waals surface area contributed by atoms with Crippen molar-refractivity contribution in [1.29, 1.82) is 0 Å². The molecule has 1 heterocycles. The van der Waals surface area contributed by atoms with Crippen LogP contribution >= 0.6 is 27.5 Å². The second-order valence-corrected chi connectivity index (χ2v) is 7.88. The van der Waals surface area contributed by atoms with Gasteiger partial charge in [-0.3, -0.25) is 4.79 Å². The Bertz CT molecular complexity index is 1150. The summed E-state index contributed by atoms with van der Waals surface area (Å²) in [6, 6.07) is 6.27. The van der Waals surface area contributed by atoms with Crippen molar-refractivity contribution in [2.24, 2.45) is 0 Å². The summed E-state index contributed by atoms with van der Waals surface area (Å²) in [5.41, 5.74) is 1.14. The predicted octanol–water partition coefficient (Wildman–Crippen LogP) is 3.87. The first-order valence-corrected chi connectivity index (χ1v) is 10.4. The van der Waals surface area contributed by atoms with E-state index in [9.17, 15) is 19.5 Å². The number of anilines is 1. The quantitative estimate of drug-likeness (QED) is 0.440. The maximum atomic E-state index is 13.3. The molecule has 168 valence electrons. The number of phenols is 1. The number of carbonyl (C=O) groups excluding carboxylic acids is 3. The Morgan fingerprint density at radius 3 is 2.59 bits per heavy atom. The fraction of sp³-hybridized carbons (Fsp3) is 0.190. The molecule has 9 nitrogen and oxygen atoms in total. The summed E-state index contributed by atoms with van der Waals surface area (Å²) < 4.78 is 10.1. The molecule has 3 amide bonds. The first-order chi connectivity index (χ1) is 15.2. The van der Waals surface area contributed by atoms with E-state index in [-0.39, 0.29) is 43.5 Å². The molecule has 0 aromatic heterocycles. The topological polar surface area (TPSA) is 126 Å². The molecule has 0 saturated heterocycles. The number of urea groups is 1. The number of hydrogen-bond donors (Lipinski definition) is 4. The van der Waals surface area contributed by atoms with Crippen LogP contribution in [0.1, 0.15) is 28.9 Å². The fourth-order valence-electron chi connectivity index (χ4n) is 3.28. The summed E-state index contributed by atoms with van der Waals surface area (Å²) in [5, 5.41) is 18.2. The van der Waals surface area contributed by atoms with Gasteiger partial charge in [0.05, 0.1) is 46.6 Å². The molecular formula is C21H19BrClN3O6. The van der Waals surface area contributed by atoms with Crippen molar-refractivity contribution in [1.82, 2.24) is 10.6 Å². The van der Waals surface area contributed by atoms with Crippen LogP contribution in [0.2, 0.25) is 5.02 Å². The normalized spacial score (nSPS) is 15.5. The molecule has 32 heavy (non-hydrogen) atoms. The van der Waals surface area contributed by atoms with E-state index in [1.807, 2.05) is 0 Å². The van der Waals surface area contributed by atoms with Crippen molar-refractivity contribution in [3.63, 3.8) is 0 Å². The van der Waals surface area contributed by atoms with Crippen molar-refractivity contribution in [2.45, 2.75) is 13.0 Å². The van der Waals surface area contributed by atoms with Gasteiger partial charge in [-0.15, -0.1) is 0 Å². The van der Waals surface area contributed by atoms with E-state index in [4.69, 9.17) is 21.1 Å². The zero-order chi connectivity index (χ0) is 23.6. The zero-order valence-corrected chi connectivity index (χ0v) is 19.6. The smallest absolute Gasteiger partial charge is 0.339 e. The highest BCUT2D eigenvalue weighted by molar-refractivity contribution is 9.10. The number of phenolic OH excluding ortho intramolecular Hbond substituents is 1. The highest BCUT2D eigenvalue weighted by atomic mass is 79.9. The molecule has 0 spiro atoms. The number of amides is 3. The standard InChI is InChI=1S/C21H19BrClN3O6/c1-9-14(19(28)25-12-7-5-4-6-10(12)20(29)32-3)17(26-21(30)24-9)11-8-13(31-2)18(27)15(22)16(11)23/h4-8,17,27H,1-3H3,(H,25,28)(H2,24,26,30)/t17-/m1/s1. The molecular weight excluding hydrogens is 506 g/mol. The average Bonchev–Trinajstić information content (AvgIpc) is 2.77. The number of esters is 1. The summed E-state index contributed by atoms with van der Waals surface area (Å²) >= 11 is 9.63. The molecule has 3 rings (SSSR count). The van der Waals surface area contributed by atoms with Crippen LogP contribution in [0.4, 0.5) is 10.5 Å². The number of ether oxygens (including phenoxy) is 2. The first kappa shape index (κ1) is 23.4. The average molecular weight is 525 g/mol. The van der Waals surface area contributed by atoms with Crippen LogP contribution in [0, 0.1) is 0 Å². The highest BCUT2D eigenvalue weighted by Gasteiger charge is 2.34. The van der Waals surface area contributed by atoms with E-state index in [0.29, 0.717) is 5.56 Å². The monoisotopic (exact) mass is 523 g/mol. The lowest BCUT2D eigenvalue weighted by atomic mass is 9.94. The minimum Gasteiger partial charge on any atom is -0.503 e. The lowest BCUT2D eigenvalue weighted by Gasteiger charge is -2.30. The molecule has 1 atom stereocenters. The van der Waals surface area contributed by atoms with Crippen molar-refractivity contribution in [3.05, 3.63) is 62.2 Å². The number of allylic oxidation sites excluding steroid dienone is 1. The van der Waals surface area contributed by atoms with Gasteiger partial charge in [-0.05, 0) is 41.1 Å². The molecule has 1 aliphatic heterocycles. The SMILES string of the molecule is COC(=O)c1ccccc1NC(=O)C1=C(C)NC(=O)N[C@@H]1c1cc(OC)c(O)c(Br)c1Cl. The lowest BCUT2D eigenvalue weighted by Crippen LogP contribution is -2.46. The van der Waals surface area contributed by atoms with Crippen LogP contribution in [-0.2, 0) is 9.53 Å². The second-order valence-electron chi connectivity index (χ2n) is 6.71. The molecule has 0 fully saturated rings. The Kier molecular flexibility index (Phi) is 6.95. The van der Waals surface area contributed by atoms with Crippen molar-refractivity contribution in [2.75, 3.05) is 19.5 Å². The van der Waals surface area contributed by atoms with Gasteiger partial charge in [0.2, 0.25) is 0 Å². The summed E-state index contributed by atoms with van der Waals surface area (Å²) in [4.78, 5) is 37.6. The summed E-state index contributed by atoms with van der Waals surface area (Å²) in [7, 11) is 2.60. The predicted molar refractivity (Wildman–Crippen MR) is 121 cm³/mol. The van der Waals surface area contributed by atoms with E-state index in [2.05, 4.69) is 31.9 Å². The molecule has 0 radical (unpaired) electrons. The van der Waals surface area contributed by atoms with Gasteiger partial charge in [-0.2, -0.15) is 0 Å². The van der Waals surface area contributed by atoms with Gasteiger partial charge in [0.25, 0.3) is 5.91 Å². The lowest BCUT2D eigenvalue weighted by molar-refractivity contribution is -0.113. The summed E-state index contributed by atoms with van der Waals surface area (Å²) in [6.07, 6.45) is 0. The number of methoxy groups -OCH3 is 2. The van der Waals surface area contributed by atoms with Crippen LogP contribution in [-0.4, -0.2) is 37.2 Å². The third-order valence-electron chi connectivity index (χ3n) is 4.80. The number of carbonyl (C=O) groups is 3. The number of hydrogen-bond acceptors (Lipinski definition) is 6. The Labute approximate surface area is 196 Å². The van der Waals surface area contributed by atoms with Crippen molar-refractivity contribution in [3.8, 4) is 11.5 Å². The highest BCUT2D eigenvalue weighted by Crippen LogP contribution is 2.45. The van der Waals surface area contributed by atoms with Gasteiger partial charge in [0.1, 0.15) is 0 Å². The minimum absolute atomic E-state index is 0.0866. The molecule has 1 aliphatic rings. The van der Waals surface area contributed by atoms with Gasteiger partial charge >= 0.3 is 12.0 Å². The number of nitrogens with one attached hydrogen (secondary N) is 3. The molecule has 0 unspecified atom stereocenters. The van der Waals surface area contributed by atoms with E-state index >= 15 is 0 Å². The summed E-state index contributed by atoms with van der Waals surface area (Å²) in [5.74, 6) is -1.33. The minimum atomic E-state index is -0.979. The number of rotatable bonds is 5. The van der Waals surface area contributed by atoms with Gasteiger partial charge in [-0.25, -0.2) is 9.59 Å². The number of halogens is 2. The Morgan fingerprint density at radius 2 is 1.94 bits per heavy atom. The third-order valence-corrected chi connectivity index (χ3v) is 6.21.